The van der Waals surface area contributed by atoms with Crippen molar-refractivity contribution in [2.45, 2.75) is 32.2 Å². The molecule has 82 valence electrons. The Kier molecular flexibility index (Phi) is 3.05. The fourth-order valence-electron chi connectivity index (χ4n) is 1.72. The molecule has 3 nitrogen and oxygen atoms in total. The number of anilines is 1. The van der Waals surface area contributed by atoms with E-state index in [1.54, 1.807) is 0 Å². The lowest BCUT2D eigenvalue weighted by molar-refractivity contribution is 0.284. The number of nitrogens with zero attached hydrogens (tertiary/aromatic N) is 2. The van der Waals surface area contributed by atoms with Crippen LogP contribution in [0.25, 0.3) is 0 Å². The van der Waals surface area contributed by atoms with Crippen LogP contribution in [0.5, 0.6) is 0 Å². The molecule has 0 saturated heterocycles. The molecule has 1 aromatic rings. The van der Waals surface area contributed by atoms with Gasteiger partial charge in [-0.05, 0) is 37.3 Å². The van der Waals surface area contributed by atoms with Crippen molar-refractivity contribution >= 4 is 17.4 Å². The van der Waals surface area contributed by atoms with Gasteiger partial charge in [0.1, 0.15) is 0 Å². The second-order valence-corrected chi connectivity index (χ2v) is 4.30. The standard InChI is InChI=1S/C10H13ClFN3/c1-6(7-3-2-4-7)14-9-8(12)5-13-10(11)15-9/h5-7H,2-4H2,1H3,(H,13,14,15). The van der Waals surface area contributed by atoms with Crippen LogP contribution in [-0.2, 0) is 0 Å². The lowest BCUT2D eigenvalue weighted by Crippen LogP contribution is -2.31. The van der Waals surface area contributed by atoms with Crippen LogP contribution >= 0.6 is 11.6 Å². The van der Waals surface area contributed by atoms with Crippen molar-refractivity contribution in [3.63, 3.8) is 0 Å². The van der Waals surface area contributed by atoms with E-state index in [1.807, 2.05) is 6.92 Å². The van der Waals surface area contributed by atoms with Gasteiger partial charge >= 0.3 is 0 Å². The van der Waals surface area contributed by atoms with E-state index in [9.17, 15) is 4.39 Å². The monoisotopic (exact) mass is 229 g/mol. The van der Waals surface area contributed by atoms with Crippen LogP contribution in [0.4, 0.5) is 10.2 Å². The Morgan fingerprint density at radius 1 is 1.60 bits per heavy atom. The summed E-state index contributed by atoms with van der Waals surface area (Å²) in [6.45, 7) is 2.04. The second-order valence-electron chi connectivity index (χ2n) is 3.96. The molecule has 0 radical (unpaired) electrons. The minimum Gasteiger partial charge on any atom is -0.365 e. The van der Waals surface area contributed by atoms with Crippen molar-refractivity contribution in [3.05, 3.63) is 17.3 Å². The fourth-order valence-corrected chi connectivity index (χ4v) is 1.85. The number of aromatic nitrogens is 2. The van der Waals surface area contributed by atoms with Gasteiger partial charge in [0.15, 0.2) is 11.6 Å². The number of hydrogen-bond acceptors (Lipinski definition) is 3. The van der Waals surface area contributed by atoms with Crippen molar-refractivity contribution in [1.82, 2.24) is 9.97 Å². The molecule has 1 aliphatic carbocycles. The highest BCUT2D eigenvalue weighted by atomic mass is 35.5. The van der Waals surface area contributed by atoms with Gasteiger partial charge < -0.3 is 5.32 Å². The third-order valence-corrected chi connectivity index (χ3v) is 3.12. The Balaban J connectivity index is 2.05. The van der Waals surface area contributed by atoms with Crippen LogP contribution in [0.1, 0.15) is 26.2 Å². The summed E-state index contributed by atoms with van der Waals surface area (Å²) in [5.74, 6) is 0.373. The summed E-state index contributed by atoms with van der Waals surface area (Å²) in [5, 5.41) is 3.11. The molecule has 0 spiro atoms. The largest absolute Gasteiger partial charge is 0.365 e. The molecular formula is C10H13ClFN3. The molecule has 1 aliphatic rings. The predicted octanol–water partition coefficient (Wildman–Crippen LogP) is 2.87. The van der Waals surface area contributed by atoms with Crippen molar-refractivity contribution in [2.75, 3.05) is 5.32 Å². The molecule has 2 rings (SSSR count). The first-order chi connectivity index (χ1) is 7.16. The first kappa shape index (κ1) is 10.6. The molecule has 1 atom stereocenters. The van der Waals surface area contributed by atoms with Crippen LogP contribution < -0.4 is 5.32 Å². The molecule has 0 bridgehead atoms. The molecule has 0 aliphatic heterocycles. The maximum atomic E-state index is 13.3. The molecule has 1 aromatic heterocycles. The zero-order chi connectivity index (χ0) is 10.8. The predicted molar refractivity (Wildman–Crippen MR) is 57.4 cm³/mol. The van der Waals surface area contributed by atoms with Gasteiger partial charge in [0.2, 0.25) is 5.28 Å². The molecule has 15 heavy (non-hydrogen) atoms. The highest BCUT2D eigenvalue weighted by molar-refractivity contribution is 6.28. The van der Waals surface area contributed by atoms with Crippen molar-refractivity contribution in [1.29, 1.82) is 0 Å². The topological polar surface area (TPSA) is 37.8 Å². The summed E-state index contributed by atoms with van der Waals surface area (Å²) in [7, 11) is 0. The summed E-state index contributed by atoms with van der Waals surface area (Å²) in [6, 6.07) is 0.235. The Hall–Kier alpha value is -0.900. The number of rotatable bonds is 3. The van der Waals surface area contributed by atoms with E-state index in [2.05, 4.69) is 15.3 Å². The van der Waals surface area contributed by atoms with Gasteiger partial charge in [0.05, 0.1) is 6.20 Å². The first-order valence-corrected chi connectivity index (χ1v) is 5.49. The highest BCUT2D eigenvalue weighted by Gasteiger charge is 2.24. The molecule has 1 heterocycles. The zero-order valence-electron chi connectivity index (χ0n) is 8.50. The van der Waals surface area contributed by atoms with E-state index >= 15 is 0 Å². The maximum Gasteiger partial charge on any atom is 0.224 e. The molecule has 1 N–H and O–H groups in total. The van der Waals surface area contributed by atoms with E-state index in [1.165, 1.54) is 19.3 Å². The van der Waals surface area contributed by atoms with E-state index in [0.717, 1.165) is 6.20 Å². The second kappa shape index (κ2) is 4.31. The van der Waals surface area contributed by atoms with Crippen LogP contribution in [0.2, 0.25) is 5.28 Å². The van der Waals surface area contributed by atoms with Gasteiger partial charge in [-0.15, -0.1) is 0 Å². The fraction of sp³-hybridized carbons (Fsp3) is 0.600. The molecule has 5 heteroatoms. The quantitative estimate of drug-likeness (QED) is 0.810. The van der Waals surface area contributed by atoms with Gasteiger partial charge in [0, 0.05) is 6.04 Å². The molecule has 0 amide bonds. The van der Waals surface area contributed by atoms with Crippen molar-refractivity contribution in [3.8, 4) is 0 Å². The minimum atomic E-state index is -0.453. The Morgan fingerprint density at radius 2 is 2.33 bits per heavy atom. The maximum absolute atomic E-state index is 13.3. The van der Waals surface area contributed by atoms with E-state index in [4.69, 9.17) is 11.6 Å². The molecule has 1 saturated carbocycles. The Morgan fingerprint density at radius 3 is 2.93 bits per heavy atom. The van der Waals surface area contributed by atoms with Crippen LogP contribution in [0.3, 0.4) is 0 Å². The lowest BCUT2D eigenvalue weighted by Gasteiger charge is -2.32. The third kappa shape index (κ3) is 2.37. The summed E-state index contributed by atoms with van der Waals surface area (Å²) in [6.07, 6.45) is 4.76. The number of halogens is 2. The highest BCUT2D eigenvalue weighted by Crippen LogP contribution is 2.31. The summed E-state index contributed by atoms with van der Waals surface area (Å²) < 4.78 is 13.3. The number of nitrogens with one attached hydrogen (secondary N) is 1. The zero-order valence-corrected chi connectivity index (χ0v) is 9.26. The number of hydrogen-bond donors (Lipinski definition) is 1. The van der Waals surface area contributed by atoms with Gasteiger partial charge in [-0.2, -0.15) is 4.98 Å². The summed E-state index contributed by atoms with van der Waals surface area (Å²) >= 11 is 5.60. The van der Waals surface area contributed by atoms with Gasteiger partial charge in [0.25, 0.3) is 0 Å². The van der Waals surface area contributed by atoms with Gasteiger partial charge in [-0.25, -0.2) is 9.37 Å². The summed E-state index contributed by atoms with van der Waals surface area (Å²) in [5.41, 5.74) is 0. The van der Waals surface area contributed by atoms with Gasteiger partial charge in [-0.1, -0.05) is 6.42 Å². The first-order valence-electron chi connectivity index (χ1n) is 5.11. The average molecular weight is 230 g/mol. The average Bonchev–Trinajstić information content (AvgIpc) is 2.08. The minimum absolute atomic E-state index is 0.0692. The SMILES string of the molecule is CC(Nc1nc(Cl)ncc1F)C1CCC1. The molecular weight excluding hydrogens is 217 g/mol. The molecule has 1 fully saturated rings. The van der Waals surface area contributed by atoms with E-state index < -0.39 is 5.82 Å². The Labute approximate surface area is 93.1 Å². The van der Waals surface area contributed by atoms with Crippen molar-refractivity contribution < 1.29 is 4.39 Å². The molecule has 0 aromatic carbocycles. The van der Waals surface area contributed by atoms with Gasteiger partial charge in [-0.3, -0.25) is 0 Å². The lowest BCUT2D eigenvalue weighted by atomic mass is 9.80. The normalized spacial score (nSPS) is 18.3. The third-order valence-electron chi connectivity index (χ3n) is 2.94. The molecule has 1 unspecified atom stereocenters. The van der Waals surface area contributed by atoms with E-state index in [-0.39, 0.29) is 17.1 Å². The van der Waals surface area contributed by atoms with Crippen LogP contribution in [-0.4, -0.2) is 16.0 Å². The van der Waals surface area contributed by atoms with E-state index in [0.29, 0.717) is 5.92 Å². The van der Waals surface area contributed by atoms with Crippen molar-refractivity contribution in [2.24, 2.45) is 5.92 Å². The Bertz CT molecular complexity index is 355. The van der Waals surface area contributed by atoms with Crippen LogP contribution in [0, 0.1) is 11.7 Å². The van der Waals surface area contributed by atoms with Crippen LogP contribution in [0.15, 0.2) is 6.20 Å². The smallest absolute Gasteiger partial charge is 0.224 e. The summed E-state index contributed by atoms with van der Waals surface area (Å²) in [4.78, 5) is 7.39.